The summed E-state index contributed by atoms with van der Waals surface area (Å²) in [4.78, 5) is 13.2. The number of aryl methyl sites for hydroxylation is 1. The number of nitrogens with zero attached hydrogens (tertiary/aromatic N) is 1. The number of aromatic nitrogens is 1. The second kappa shape index (κ2) is 7.00. The number of fused-ring (bicyclic) bond motifs is 1. The third kappa shape index (κ3) is 2.83. The minimum Gasteiger partial charge on any atom is -0.497 e. The number of hydrogen-bond acceptors (Lipinski definition) is 5. The van der Waals surface area contributed by atoms with E-state index in [1.807, 2.05) is 35.7 Å². The average Bonchev–Trinajstić information content (AvgIpc) is 3.00. The van der Waals surface area contributed by atoms with Gasteiger partial charge in [-0.2, -0.15) is 0 Å². The van der Waals surface area contributed by atoms with Gasteiger partial charge in [0.1, 0.15) is 5.75 Å². The number of methoxy groups -OCH3 is 4. The van der Waals surface area contributed by atoms with Gasteiger partial charge < -0.3 is 23.3 Å². The van der Waals surface area contributed by atoms with Crippen LogP contribution in [0.3, 0.4) is 0 Å². The molecule has 0 aliphatic rings. The maximum Gasteiger partial charge on any atom is 0.210 e. The molecule has 26 heavy (non-hydrogen) atoms. The summed E-state index contributed by atoms with van der Waals surface area (Å²) in [6.07, 6.45) is 1.83. The van der Waals surface area contributed by atoms with E-state index in [4.69, 9.17) is 18.9 Å². The first-order chi connectivity index (χ1) is 12.5. The van der Waals surface area contributed by atoms with Crippen LogP contribution in [0.1, 0.15) is 21.6 Å². The molecular weight excluding hydrogens is 334 g/mol. The molecule has 0 saturated carbocycles. The largest absolute Gasteiger partial charge is 0.497 e. The molecule has 0 radical (unpaired) electrons. The lowest BCUT2D eigenvalue weighted by Gasteiger charge is -2.14. The predicted octanol–water partition coefficient (Wildman–Crippen LogP) is 3.51. The molecule has 0 atom stereocenters. The zero-order valence-corrected chi connectivity index (χ0v) is 15.5. The summed E-state index contributed by atoms with van der Waals surface area (Å²) in [5, 5.41) is 0. The van der Waals surface area contributed by atoms with Crippen LogP contribution < -0.4 is 18.9 Å². The van der Waals surface area contributed by atoms with Crippen LogP contribution >= 0.6 is 0 Å². The van der Waals surface area contributed by atoms with Gasteiger partial charge in [-0.3, -0.25) is 4.79 Å². The number of rotatable bonds is 6. The number of ketones is 1. The van der Waals surface area contributed by atoms with Gasteiger partial charge in [0.05, 0.1) is 34.1 Å². The van der Waals surface area contributed by atoms with Crippen LogP contribution in [-0.2, 0) is 0 Å². The van der Waals surface area contributed by atoms with Crippen LogP contribution in [-0.4, -0.2) is 38.6 Å². The van der Waals surface area contributed by atoms with Crippen LogP contribution in [0.15, 0.2) is 36.5 Å². The van der Waals surface area contributed by atoms with Crippen LogP contribution in [0.4, 0.5) is 0 Å². The Kier molecular flexibility index (Phi) is 4.75. The normalized spacial score (nSPS) is 10.7. The molecule has 0 N–H and O–H groups in total. The van der Waals surface area contributed by atoms with Crippen LogP contribution in [0, 0.1) is 6.92 Å². The first-order valence-electron chi connectivity index (χ1n) is 8.04. The fourth-order valence-electron chi connectivity index (χ4n) is 3.06. The van der Waals surface area contributed by atoms with Gasteiger partial charge in [0.15, 0.2) is 11.5 Å². The van der Waals surface area contributed by atoms with Crippen LogP contribution in [0.25, 0.3) is 5.52 Å². The molecule has 3 aromatic rings. The Morgan fingerprint density at radius 2 is 1.54 bits per heavy atom. The molecule has 0 aliphatic heterocycles. The maximum atomic E-state index is 13.2. The molecule has 0 unspecified atom stereocenters. The number of benzene rings is 1. The third-order valence-corrected chi connectivity index (χ3v) is 4.31. The zero-order valence-electron chi connectivity index (χ0n) is 15.5. The molecule has 0 saturated heterocycles. The van der Waals surface area contributed by atoms with E-state index in [1.54, 1.807) is 19.2 Å². The van der Waals surface area contributed by atoms with Gasteiger partial charge in [-0.1, -0.05) is 0 Å². The van der Waals surface area contributed by atoms with Gasteiger partial charge in [0.25, 0.3) is 0 Å². The van der Waals surface area contributed by atoms with E-state index >= 15 is 0 Å². The van der Waals surface area contributed by atoms with E-state index in [-0.39, 0.29) is 5.78 Å². The highest BCUT2D eigenvalue weighted by Gasteiger charge is 2.21. The number of carbonyl (C=O) groups excluding carboxylic acids is 1. The number of hydrogen-bond donors (Lipinski definition) is 0. The van der Waals surface area contributed by atoms with Gasteiger partial charge >= 0.3 is 0 Å². The fraction of sp³-hybridized carbons (Fsp3) is 0.250. The highest BCUT2D eigenvalue weighted by molar-refractivity contribution is 6.10. The van der Waals surface area contributed by atoms with E-state index in [0.717, 1.165) is 16.8 Å². The Morgan fingerprint density at radius 1 is 0.885 bits per heavy atom. The molecular formula is C20H21NO5. The summed E-state index contributed by atoms with van der Waals surface area (Å²) in [6.45, 7) is 1.91. The van der Waals surface area contributed by atoms with Crippen molar-refractivity contribution >= 4 is 11.3 Å². The average molecular weight is 355 g/mol. The fourth-order valence-corrected chi connectivity index (χ4v) is 3.06. The van der Waals surface area contributed by atoms with Gasteiger partial charge in [0, 0.05) is 23.3 Å². The van der Waals surface area contributed by atoms with Gasteiger partial charge in [-0.05, 0) is 36.8 Å². The maximum absolute atomic E-state index is 13.2. The van der Waals surface area contributed by atoms with Gasteiger partial charge in [-0.15, -0.1) is 0 Å². The molecule has 0 spiro atoms. The number of carbonyl (C=O) groups is 1. The summed E-state index contributed by atoms with van der Waals surface area (Å²) in [5.41, 5.74) is 2.80. The van der Waals surface area contributed by atoms with Gasteiger partial charge in [-0.25, -0.2) is 0 Å². The van der Waals surface area contributed by atoms with E-state index in [9.17, 15) is 4.79 Å². The SMILES string of the molecule is COc1ccn2c(C(=O)c3cc(OC)c(OC)c(OC)c3)c(C)cc2c1. The van der Waals surface area contributed by atoms with Crippen LogP contribution in [0.5, 0.6) is 23.0 Å². The van der Waals surface area contributed by atoms with E-state index in [1.165, 1.54) is 21.3 Å². The lowest BCUT2D eigenvalue weighted by atomic mass is 10.0. The molecule has 6 nitrogen and oxygen atoms in total. The van der Waals surface area contributed by atoms with Crippen molar-refractivity contribution in [2.24, 2.45) is 0 Å². The molecule has 2 aromatic heterocycles. The van der Waals surface area contributed by atoms with Crippen molar-refractivity contribution in [3.8, 4) is 23.0 Å². The van der Waals surface area contributed by atoms with Crippen molar-refractivity contribution in [2.45, 2.75) is 6.92 Å². The Bertz CT molecular complexity index is 949. The zero-order chi connectivity index (χ0) is 18.8. The standard InChI is InChI=1S/C20H21NO5/c1-12-8-14-11-15(23-2)6-7-21(14)18(12)19(22)13-9-16(24-3)20(26-5)17(10-13)25-4/h6-11H,1-5H3. The highest BCUT2D eigenvalue weighted by atomic mass is 16.5. The highest BCUT2D eigenvalue weighted by Crippen LogP contribution is 2.39. The van der Waals surface area contributed by atoms with Crippen molar-refractivity contribution in [1.82, 2.24) is 4.40 Å². The monoisotopic (exact) mass is 355 g/mol. The number of pyridine rings is 1. The van der Waals surface area contributed by atoms with E-state index < -0.39 is 0 Å². The molecule has 1 aromatic carbocycles. The molecule has 136 valence electrons. The molecule has 0 amide bonds. The summed E-state index contributed by atoms with van der Waals surface area (Å²) >= 11 is 0. The Hall–Kier alpha value is -3.15. The first-order valence-corrected chi connectivity index (χ1v) is 8.04. The smallest absolute Gasteiger partial charge is 0.210 e. The van der Waals surface area contributed by atoms with Crippen molar-refractivity contribution < 1.29 is 23.7 Å². The van der Waals surface area contributed by atoms with Crippen molar-refractivity contribution in [2.75, 3.05) is 28.4 Å². The van der Waals surface area contributed by atoms with Crippen molar-refractivity contribution in [1.29, 1.82) is 0 Å². The minimum absolute atomic E-state index is 0.132. The molecule has 2 heterocycles. The first kappa shape index (κ1) is 17.7. The minimum atomic E-state index is -0.132. The van der Waals surface area contributed by atoms with Crippen LogP contribution in [0.2, 0.25) is 0 Å². The Balaban J connectivity index is 2.15. The van der Waals surface area contributed by atoms with Gasteiger partial charge in [0.2, 0.25) is 11.5 Å². The van der Waals surface area contributed by atoms with Crippen molar-refractivity contribution in [3.05, 3.63) is 53.3 Å². The second-order valence-electron chi connectivity index (χ2n) is 5.78. The summed E-state index contributed by atoms with van der Waals surface area (Å²) in [6, 6.07) is 8.98. The Morgan fingerprint density at radius 3 is 2.08 bits per heavy atom. The lowest BCUT2D eigenvalue weighted by molar-refractivity contribution is 0.103. The molecule has 3 rings (SSSR count). The Labute approximate surface area is 151 Å². The van der Waals surface area contributed by atoms with Crippen molar-refractivity contribution in [3.63, 3.8) is 0 Å². The molecule has 0 aliphatic carbocycles. The van der Waals surface area contributed by atoms with E-state index in [2.05, 4.69) is 0 Å². The molecule has 0 bridgehead atoms. The topological polar surface area (TPSA) is 58.4 Å². The lowest BCUT2D eigenvalue weighted by Crippen LogP contribution is -2.08. The molecule has 6 heteroatoms. The van der Waals surface area contributed by atoms with E-state index in [0.29, 0.717) is 28.5 Å². The predicted molar refractivity (Wildman–Crippen MR) is 98.2 cm³/mol. The third-order valence-electron chi connectivity index (χ3n) is 4.31. The second-order valence-corrected chi connectivity index (χ2v) is 5.78. The summed E-state index contributed by atoms with van der Waals surface area (Å²) < 4.78 is 23.1. The summed E-state index contributed by atoms with van der Waals surface area (Å²) in [7, 11) is 6.19. The quantitative estimate of drug-likeness (QED) is 0.633. The molecule has 0 fully saturated rings. The number of ether oxygens (including phenoxy) is 4. The summed E-state index contributed by atoms with van der Waals surface area (Å²) in [5.74, 6) is 1.94.